The summed E-state index contributed by atoms with van der Waals surface area (Å²) in [7, 11) is 0. The zero-order valence-electron chi connectivity index (χ0n) is 17.9. The third-order valence-electron chi connectivity index (χ3n) is 4.82. The van der Waals surface area contributed by atoms with Crippen LogP contribution in [-0.4, -0.2) is 16.8 Å². The average molecular weight is 551 g/mol. The SMILES string of the molecule is CCOc1cc(/C=C2/SC(=S)N(c3ccccc3)C2=O)cc(Cl)c1OCc1ccc(Cl)cc1Cl. The summed E-state index contributed by atoms with van der Waals surface area (Å²) in [5.41, 5.74) is 2.18. The fourth-order valence-electron chi connectivity index (χ4n) is 3.28. The van der Waals surface area contributed by atoms with Gasteiger partial charge in [-0.3, -0.25) is 9.69 Å². The predicted molar refractivity (Wildman–Crippen MR) is 146 cm³/mol. The van der Waals surface area contributed by atoms with Crippen molar-refractivity contribution in [2.45, 2.75) is 13.5 Å². The Morgan fingerprint density at radius 2 is 1.76 bits per heavy atom. The summed E-state index contributed by atoms with van der Waals surface area (Å²) in [6.07, 6.45) is 1.75. The molecule has 3 aromatic rings. The highest BCUT2D eigenvalue weighted by Crippen LogP contribution is 2.40. The van der Waals surface area contributed by atoms with Gasteiger partial charge in [0.1, 0.15) is 6.61 Å². The lowest BCUT2D eigenvalue weighted by molar-refractivity contribution is -0.113. The molecular formula is C25H18Cl3NO3S2. The minimum absolute atomic E-state index is 0.185. The zero-order valence-corrected chi connectivity index (χ0v) is 21.8. The van der Waals surface area contributed by atoms with Crippen molar-refractivity contribution in [3.63, 3.8) is 0 Å². The van der Waals surface area contributed by atoms with Crippen molar-refractivity contribution in [2.75, 3.05) is 11.5 Å². The molecule has 1 saturated heterocycles. The monoisotopic (exact) mass is 549 g/mol. The van der Waals surface area contributed by atoms with Gasteiger partial charge < -0.3 is 9.47 Å². The van der Waals surface area contributed by atoms with Crippen LogP contribution in [-0.2, 0) is 11.4 Å². The predicted octanol–water partition coefficient (Wildman–Crippen LogP) is 8.03. The molecule has 0 aromatic heterocycles. The van der Waals surface area contributed by atoms with Crippen molar-refractivity contribution in [3.8, 4) is 11.5 Å². The molecule has 0 atom stereocenters. The zero-order chi connectivity index (χ0) is 24.2. The number of para-hydroxylation sites is 1. The summed E-state index contributed by atoms with van der Waals surface area (Å²) in [5.74, 6) is 0.668. The second kappa shape index (κ2) is 11.0. The largest absolute Gasteiger partial charge is 0.490 e. The third kappa shape index (κ3) is 5.53. The third-order valence-corrected chi connectivity index (χ3v) is 6.99. The number of benzene rings is 3. The first-order chi connectivity index (χ1) is 16.4. The van der Waals surface area contributed by atoms with Gasteiger partial charge in [0, 0.05) is 15.6 Å². The van der Waals surface area contributed by atoms with E-state index in [0.717, 1.165) is 11.3 Å². The van der Waals surface area contributed by atoms with Crippen molar-refractivity contribution in [3.05, 3.63) is 91.8 Å². The number of halogens is 3. The Morgan fingerprint density at radius 1 is 1.00 bits per heavy atom. The number of carbonyl (C=O) groups excluding carboxylic acids is 1. The molecule has 1 heterocycles. The standard InChI is InChI=1S/C25H18Cl3NO3S2/c1-2-31-21-11-15(10-20(28)23(21)32-14-16-8-9-17(26)13-19(16)27)12-22-24(30)29(25(33)34-22)18-6-4-3-5-7-18/h3-13H,2,14H2,1H3/b22-12+. The van der Waals surface area contributed by atoms with Crippen LogP contribution in [0.25, 0.3) is 6.08 Å². The van der Waals surface area contributed by atoms with Crippen molar-refractivity contribution >= 4 is 80.8 Å². The number of amides is 1. The molecule has 0 N–H and O–H groups in total. The molecule has 0 spiro atoms. The molecule has 0 saturated carbocycles. The summed E-state index contributed by atoms with van der Waals surface area (Å²) in [4.78, 5) is 15.0. The van der Waals surface area contributed by atoms with Crippen LogP contribution in [0.2, 0.25) is 15.1 Å². The van der Waals surface area contributed by atoms with E-state index in [1.165, 1.54) is 16.7 Å². The molecule has 1 aliphatic heterocycles. The van der Waals surface area contributed by atoms with Gasteiger partial charge in [-0.05, 0) is 55.0 Å². The highest BCUT2D eigenvalue weighted by atomic mass is 35.5. The molecule has 1 aliphatic rings. The van der Waals surface area contributed by atoms with E-state index < -0.39 is 0 Å². The minimum Gasteiger partial charge on any atom is -0.490 e. The van der Waals surface area contributed by atoms with Crippen molar-refractivity contribution in [2.24, 2.45) is 0 Å². The second-order valence-corrected chi connectivity index (χ2v) is 10.1. The molecule has 0 bridgehead atoms. The molecule has 1 fully saturated rings. The van der Waals surface area contributed by atoms with Gasteiger partial charge in [0.2, 0.25) is 0 Å². The number of hydrogen-bond acceptors (Lipinski definition) is 5. The molecule has 9 heteroatoms. The number of hydrogen-bond donors (Lipinski definition) is 0. The van der Waals surface area contributed by atoms with E-state index in [-0.39, 0.29) is 12.5 Å². The second-order valence-electron chi connectivity index (χ2n) is 7.14. The first kappa shape index (κ1) is 24.9. The fraction of sp³-hybridized carbons (Fsp3) is 0.120. The van der Waals surface area contributed by atoms with E-state index >= 15 is 0 Å². The Hall–Kier alpha value is -2.22. The Kier molecular flexibility index (Phi) is 8.06. The van der Waals surface area contributed by atoms with E-state index in [4.69, 9.17) is 56.5 Å². The van der Waals surface area contributed by atoms with Gasteiger partial charge in [0.15, 0.2) is 15.8 Å². The van der Waals surface area contributed by atoms with Gasteiger partial charge in [0.25, 0.3) is 5.91 Å². The van der Waals surface area contributed by atoms with Gasteiger partial charge >= 0.3 is 0 Å². The molecular weight excluding hydrogens is 533 g/mol. The fourth-order valence-corrected chi connectivity index (χ4v) is 5.32. The van der Waals surface area contributed by atoms with E-state index in [0.29, 0.717) is 48.0 Å². The van der Waals surface area contributed by atoms with Gasteiger partial charge in [-0.1, -0.05) is 83.0 Å². The van der Waals surface area contributed by atoms with Crippen molar-refractivity contribution in [1.82, 2.24) is 0 Å². The first-order valence-electron chi connectivity index (χ1n) is 10.2. The number of anilines is 1. The number of ether oxygens (including phenoxy) is 2. The molecule has 174 valence electrons. The maximum atomic E-state index is 13.0. The Balaban J connectivity index is 1.60. The summed E-state index contributed by atoms with van der Waals surface area (Å²) in [6, 6.07) is 18.0. The van der Waals surface area contributed by atoms with Crippen LogP contribution in [0.15, 0.2) is 65.6 Å². The van der Waals surface area contributed by atoms with Gasteiger partial charge in [-0.2, -0.15) is 0 Å². The molecule has 4 nitrogen and oxygen atoms in total. The Labute approximate surface area is 222 Å². The molecule has 4 rings (SSSR count). The van der Waals surface area contributed by atoms with Crippen LogP contribution in [0.5, 0.6) is 11.5 Å². The molecule has 0 unspecified atom stereocenters. The van der Waals surface area contributed by atoms with Crippen molar-refractivity contribution in [1.29, 1.82) is 0 Å². The van der Waals surface area contributed by atoms with Crippen LogP contribution in [0, 0.1) is 0 Å². The average Bonchev–Trinajstić information content (AvgIpc) is 3.08. The topological polar surface area (TPSA) is 38.8 Å². The number of thioether (sulfide) groups is 1. The van der Waals surface area contributed by atoms with Crippen LogP contribution < -0.4 is 14.4 Å². The smallest absolute Gasteiger partial charge is 0.270 e. The summed E-state index contributed by atoms with van der Waals surface area (Å²) in [5, 5.41) is 1.39. The van der Waals surface area contributed by atoms with Crippen LogP contribution >= 0.6 is 58.8 Å². The van der Waals surface area contributed by atoms with E-state index in [1.54, 1.807) is 36.4 Å². The van der Waals surface area contributed by atoms with E-state index in [1.807, 2.05) is 37.3 Å². The molecule has 1 amide bonds. The summed E-state index contributed by atoms with van der Waals surface area (Å²) in [6.45, 7) is 2.46. The van der Waals surface area contributed by atoms with Crippen LogP contribution in [0.4, 0.5) is 5.69 Å². The van der Waals surface area contributed by atoms with Gasteiger partial charge in [-0.25, -0.2) is 0 Å². The highest BCUT2D eigenvalue weighted by molar-refractivity contribution is 8.27. The highest BCUT2D eigenvalue weighted by Gasteiger charge is 2.33. The van der Waals surface area contributed by atoms with E-state index in [9.17, 15) is 4.79 Å². The number of nitrogens with zero attached hydrogens (tertiary/aromatic N) is 1. The molecule has 0 aliphatic carbocycles. The maximum Gasteiger partial charge on any atom is 0.270 e. The molecule has 0 radical (unpaired) electrons. The lowest BCUT2D eigenvalue weighted by atomic mass is 10.1. The van der Waals surface area contributed by atoms with Crippen LogP contribution in [0.3, 0.4) is 0 Å². The Bertz CT molecular complexity index is 1280. The quantitative estimate of drug-likeness (QED) is 0.220. The van der Waals surface area contributed by atoms with Crippen molar-refractivity contribution < 1.29 is 14.3 Å². The maximum absolute atomic E-state index is 13.0. The van der Waals surface area contributed by atoms with Gasteiger partial charge in [0.05, 0.1) is 22.2 Å². The molecule has 34 heavy (non-hydrogen) atoms. The lowest BCUT2D eigenvalue weighted by Gasteiger charge is -2.15. The van der Waals surface area contributed by atoms with Crippen LogP contribution in [0.1, 0.15) is 18.1 Å². The number of thiocarbonyl (C=S) groups is 1. The van der Waals surface area contributed by atoms with Gasteiger partial charge in [-0.15, -0.1) is 0 Å². The lowest BCUT2D eigenvalue weighted by Crippen LogP contribution is -2.27. The Morgan fingerprint density at radius 3 is 2.47 bits per heavy atom. The summed E-state index contributed by atoms with van der Waals surface area (Å²) < 4.78 is 12.2. The van der Waals surface area contributed by atoms with E-state index in [2.05, 4.69) is 0 Å². The molecule has 3 aromatic carbocycles. The normalized spacial score (nSPS) is 14.7. The number of rotatable bonds is 7. The summed E-state index contributed by atoms with van der Waals surface area (Å²) >= 11 is 25.5. The number of carbonyl (C=O) groups is 1. The first-order valence-corrected chi connectivity index (χ1v) is 12.6. The minimum atomic E-state index is -0.187.